The Balaban J connectivity index is 2.11. The Bertz CT molecular complexity index is 484. The van der Waals surface area contributed by atoms with E-state index in [-0.39, 0.29) is 18.6 Å². The monoisotopic (exact) mass is 263 g/mol. The van der Waals surface area contributed by atoms with Gasteiger partial charge in [0.05, 0.1) is 18.2 Å². The molecular weight excluding hydrogens is 246 g/mol. The molecule has 0 fully saturated rings. The molecule has 0 unspecified atom stereocenters. The molecule has 0 saturated carbocycles. The van der Waals surface area contributed by atoms with Gasteiger partial charge in [0.2, 0.25) is 0 Å². The van der Waals surface area contributed by atoms with Crippen LogP contribution in [0.3, 0.4) is 0 Å². The summed E-state index contributed by atoms with van der Waals surface area (Å²) in [6, 6.07) is 7.04. The molecule has 5 heteroatoms. The summed E-state index contributed by atoms with van der Waals surface area (Å²) in [6.07, 6.45) is -0.182. The summed E-state index contributed by atoms with van der Waals surface area (Å²) in [7, 11) is 0. The number of carbonyl (C=O) groups excluding carboxylic acids is 2. The van der Waals surface area contributed by atoms with Gasteiger partial charge >= 0.3 is 5.97 Å². The van der Waals surface area contributed by atoms with Gasteiger partial charge < -0.3 is 14.4 Å². The van der Waals surface area contributed by atoms with Crippen LogP contribution in [0.5, 0.6) is 5.75 Å². The highest BCUT2D eigenvalue weighted by atomic mass is 16.5. The zero-order valence-electron chi connectivity index (χ0n) is 11.1. The summed E-state index contributed by atoms with van der Waals surface area (Å²) in [5.74, 6) is -0.0382. The predicted octanol–water partition coefficient (Wildman–Crippen LogP) is 1.47. The van der Waals surface area contributed by atoms with Gasteiger partial charge in [0.15, 0.2) is 0 Å². The molecule has 1 aromatic rings. The van der Waals surface area contributed by atoms with Gasteiger partial charge in [0, 0.05) is 0 Å². The fourth-order valence-corrected chi connectivity index (χ4v) is 1.91. The third-order valence-electron chi connectivity index (χ3n) is 2.71. The normalized spacial score (nSPS) is 14.7. The Morgan fingerprint density at radius 2 is 2.16 bits per heavy atom. The number of fused-ring (bicyclic) bond motifs is 1. The number of ether oxygens (including phenoxy) is 2. The molecule has 0 N–H and O–H groups in total. The summed E-state index contributed by atoms with van der Waals surface area (Å²) in [5.41, 5.74) is 0.484. The quantitative estimate of drug-likeness (QED) is 0.775. The second kappa shape index (κ2) is 5.73. The Morgan fingerprint density at radius 3 is 2.89 bits per heavy atom. The minimum Gasteiger partial charge on any atom is -0.491 e. The van der Waals surface area contributed by atoms with Crippen molar-refractivity contribution >= 4 is 11.9 Å². The smallest absolute Gasteiger partial charge is 0.325 e. The predicted molar refractivity (Wildman–Crippen MR) is 69.1 cm³/mol. The molecule has 0 spiro atoms. The molecule has 1 amide bonds. The van der Waals surface area contributed by atoms with Gasteiger partial charge in [-0.2, -0.15) is 0 Å². The van der Waals surface area contributed by atoms with Crippen LogP contribution in [0.4, 0.5) is 0 Å². The molecule has 0 aromatic heterocycles. The molecule has 5 nitrogen and oxygen atoms in total. The first-order valence-electron chi connectivity index (χ1n) is 6.28. The Kier molecular flexibility index (Phi) is 4.04. The molecule has 0 atom stereocenters. The number of benzene rings is 1. The van der Waals surface area contributed by atoms with Crippen LogP contribution in [0.2, 0.25) is 0 Å². The summed E-state index contributed by atoms with van der Waals surface area (Å²) in [4.78, 5) is 25.4. The van der Waals surface area contributed by atoms with Crippen molar-refractivity contribution in [1.82, 2.24) is 4.90 Å². The van der Waals surface area contributed by atoms with E-state index in [4.69, 9.17) is 9.47 Å². The minimum absolute atomic E-state index is 0.0469. The van der Waals surface area contributed by atoms with Crippen molar-refractivity contribution in [2.75, 3.05) is 19.7 Å². The van der Waals surface area contributed by atoms with Gasteiger partial charge in [0.25, 0.3) is 5.91 Å². The van der Waals surface area contributed by atoms with Gasteiger partial charge in [-0.3, -0.25) is 9.59 Å². The molecule has 1 aromatic carbocycles. The van der Waals surface area contributed by atoms with Crippen LogP contribution >= 0.6 is 0 Å². The maximum Gasteiger partial charge on any atom is 0.325 e. The molecule has 1 heterocycles. The second-order valence-electron chi connectivity index (χ2n) is 4.61. The average molecular weight is 263 g/mol. The van der Waals surface area contributed by atoms with Gasteiger partial charge in [-0.15, -0.1) is 0 Å². The van der Waals surface area contributed by atoms with Gasteiger partial charge in [-0.25, -0.2) is 0 Å². The molecule has 0 radical (unpaired) electrons. The zero-order valence-corrected chi connectivity index (χ0v) is 11.1. The fraction of sp³-hybridized carbons (Fsp3) is 0.429. The first kappa shape index (κ1) is 13.4. The largest absolute Gasteiger partial charge is 0.491 e. The standard InChI is InChI=1S/C14H17NO4/c1-10(2)19-13(16)9-15-7-8-18-12-6-4-3-5-11(12)14(15)17/h3-6,10H,7-9H2,1-2H3. The van der Waals surface area contributed by atoms with Gasteiger partial charge in [0.1, 0.15) is 18.9 Å². The second-order valence-corrected chi connectivity index (χ2v) is 4.61. The lowest BCUT2D eigenvalue weighted by molar-refractivity contribution is -0.148. The highest BCUT2D eigenvalue weighted by molar-refractivity contribution is 5.98. The molecule has 102 valence electrons. The number of carbonyl (C=O) groups is 2. The van der Waals surface area contributed by atoms with Crippen molar-refractivity contribution in [3.8, 4) is 5.75 Å². The van der Waals surface area contributed by atoms with Crippen LogP contribution in [0.25, 0.3) is 0 Å². The fourth-order valence-electron chi connectivity index (χ4n) is 1.91. The van der Waals surface area contributed by atoms with E-state index in [1.807, 2.05) is 6.07 Å². The molecule has 0 aliphatic carbocycles. The van der Waals surface area contributed by atoms with Crippen LogP contribution in [-0.2, 0) is 9.53 Å². The first-order chi connectivity index (χ1) is 9.08. The highest BCUT2D eigenvalue weighted by Crippen LogP contribution is 2.22. The topological polar surface area (TPSA) is 55.8 Å². The van der Waals surface area contributed by atoms with Crippen LogP contribution in [0, 0.1) is 0 Å². The summed E-state index contributed by atoms with van der Waals surface area (Å²) in [5, 5.41) is 0. The lowest BCUT2D eigenvalue weighted by Crippen LogP contribution is -2.38. The third kappa shape index (κ3) is 3.24. The van der Waals surface area contributed by atoms with Crippen molar-refractivity contribution in [2.45, 2.75) is 20.0 Å². The van der Waals surface area contributed by atoms with E-state index < -0.39 is 5.97 Å². The molecule has 2 rings (SSSR count). The van der Waals surface area contributed by atoms with Gasteiger partial charge in [-0.1, -0.05) is 12.1 Å². The van der Waals surface area contributed by atoms with Crippen molar-refractivity contribution in [3.63, 3.8) is 0 Å². The maximum atomic E-state index is 12.3. The number of hydrogen-bond acceptors (Lipinski definition) is 4. The zero-order chi connectivity index (χ0) is 13.8. The van der Waals surface area contributed by atoms with E-state index in [1.165, 1.54) is 4.90 Å². The number of rotatable bonds is 3. The highest BCUT2D eigenvalue weighted by Gasteiger charge is 2.25. The van der Waals surface area contributed by atoms with Crippen LogP contribution in [0.1, 0.15) is 24.2 Å². The summed E-state index contributed by atoms with van der Waals surface area (Å²) in [6.45, 7) is 4.26. The van der Waals surface area contributed by atoms with Crippen LogP contribution in [0.15, 0.2) is 24.3 Å². The number of amides is 1. The minimum atomic E-state index is -0.400. The van der Waals surface area contributed by atoms with E-state index >= 15 is 0 Å². The molecule has 1 aliphatic heterocycles. The number of hydrogen-bond donors (Lipinski definition) is 0. The van der Waals surface area contributed by atoms with Crippen molar-refractivity contribution in [2.24, 2.45) is 0 Å². The van der Waals surface area contributed by atoms with Crippen LogP contribution in [-0.4, -0.2) is 42.6 Å². The van der Waals surface area contributed by atoms with Crippen LogP contribution < -0.4 is 4.74 Å². The lowest BCUT2D eigenvalue weighted by atomic mass is 10.2. The molecule has 19 heavy (non-hydrogen) atoms. The van der Waals surface area contributed by atoms with E-state index in [2.05, 4.69) is 0 Å². The molecule has 1 aliphatic rings. The lowest BCUT2D eigenvalue weighted by Gasteiger charge is -2.19. The SMILES string of the molecule is CC(C)OC(=O)CN1CCOc2ccccc2C1=O. The van der Waals surface area contributed by atoms with E-state index in [0.29, 0.717) is 24.5 Å². The van der Waals surface area contributed by atoms with E-state index in [1.54, 1.807) is 32.0 Å². The van der Waals surface area contributed by atoms with Gasteiger partial charge in [-0.05, 0) is 26.0 Å². The van der Waals surface area contributed by atoms with E-state index in [0.717, 1.165) is 0 Å². The Morgan fingerprint density at radius 1 is 1.42 bits per heavy atom. The van der Waals surface area contributed by atoms with Crippen molar-refractivity contribution in [3.05, 3.63) is 29.8 Å². The average Bonchev–Trinajstić information content (AvgIpc) is 2.50. The summed E-state index contributed by atoms with van der Waals surface area (Å²) < 4.78 is 10.6. The van der Waals surface area contributed by atoms with Crippen molar-refractivity contribution in [1.29, 1.82) is 0 Å². The van der Waals surface area contributed by atoms with E-state index in [9.17, 15) is 9.59 Å². The molecular formula is C14H17NO4. The number of para-hydroxylation sites is 1. The number of nitrogens with zero attached hydrogens (tertiary/aromatic N) is 1. The number of esters is 1. The summed E-state index contributed by atoms with van der Waals surface area (Å²) >= 11 is 0. The maximum absolute atomic E-state index is 12.3. The molecule has 0 saturated heterocycles. The Labute approximate surface area is 112 Å². The van der Waals surface area contributed by atoms with Crippen molar-refractivity contribution < 1.29 is 19.1 Å². The molecule has 0 bridgehead atoms. The third-order valence-corrected chi connectivity index (χ3v) is 2.71. The first-order valence-corrected chi connectivity index (χ1v) is 6.28. The Hall–Kier alpha value is -2.04.